The van der Waals surface area contributed by atoms with E-state index in [0.29, 0.717) is 5.92 Å². The summed E-state index contributed by atoms with van der Waals surface area (Å²) in [4.78, 5) is 2.42. The van der Waals surface area contributed by atoms with Crippen LogP contribution in [0.15, 0.2) is 48.5 Å². The summed E-state index contributed by atoms with van der Waals surface area (Å²) in [5, 5.41) is 9.73. The van der Waals surface area contributed by atoms with Crippen LogP contribution in [0.2, 0.25) is 0 Å². The van der Waals surface area contributed by atoms with E-state index in [1.54, 1.807) is 0 Å². The van der Waals surface area contributed by atoms with Crippen LogP contribution in [0, 0.1) is 5.92 Å². The number of fused-ring (bicyclic) bond motifs is 2. The summed E-state index contributed by atoms with van der Waals surface area (Å²) in [7, 11) is 0. The monoisotopic (exact) mass is 295 g/mol. The number of aryl methyl sites for hydroxylation is 2. The second kappa shape index (κ2) is 6.97. The molecule has 116 valence electrons. The molecule has 3 rings (SSSR count). The van der Waals surface area contributed by atoms with Gasteiger partial charge in [-0.15, -0.1) is 0 Å². The Morgan fingerprint density at radius 3 is 2.00 bits per heavy atom. The molecule has 0 aliphatic carbocycles. The standard InChI is InChI=1S/C20H25NO/c1-2-7-16(15-22)14-21-19-10-5-3-8-17(19)12-13-18-9-4-6-11-20(18)21/h3-6,8-11,16,22H,2,7,12-15H2,1H3. The molecule has 0 spiro atoms. The molecule has 1 N–H and O–H groups in total. The number of benzene rings is 2. The predicted octanol–water partition coefficient (Wildman–Crippen LogP) is 4.33. The third-order valence-electron chi connectivity index (χ3n) is 4.62. The highest BCUT2D eigenvalue weighted by Gasteiger charge is 2.22. The summed E-state index contributed by atoms with van der Waals surface area (Å²) in [5.41, 5.74) is 5.43. The van der Waals surface area contributed by atoms with E-state index in [2.05, 4.69) is 60.4 Å². The van der Waals surface area contributed by atoms with E-state index in [1.807, 2.05) is 0 Å². The van der Waals surface area contributed by atoms with Gasteiger partial charge in [0.25, 0.3) is 0 Å². The van der Waals surface area contributed by atoms with Gasteiger partial charge in [0.1, 0.15) is 0 Å². The fourth-order valence-corrected chi connectivity index (χ4v) is 3.47. The zero-order valence-electron chi connectivity index (χ0n) is 13.3. The Labute approximate surface area is 133 Å². The van der Waals surface area contributed by atoms with Crippen LogP contribution in [0.5, 0.6) is 0 Å². The molecular weight excluding hydrogens is 270 g/mol. The second-order valence-corrected chi connectivity index (χ2v) is 6.21. The van der Waals surface area contributed by atoms with Crippen LogP contribution in [0.3, 0.4) is 0 Å². The minimum atomic E-state index is 0.259. The quantitative estimate of drug-likeness (QED) is 0.887. The molecule has 0 aromatic heterocycles. The van der Waals surface area contributed by atoms with E-state index >= 15 is 0 Å². The topological polar surface area (TPSA) is 23.5 Å². The number of aliphatic hydroxyl groups is 1. The first-order chi connectivity index (χ1) is 10.8. The molecule has 2 aromatic rings. The molecular formula is C20H25NO. The van der Waals surface area contributed by atoms with Gasteiger partial charge in [0.2, 0.25) is 0 Å². The van der Waals surface area contributed by atoms with E-state index in [-0.39, 0.29) is 6.61 Å². The number of para-hydroxylation sites is 2. The molecule has 0 bridgehead atoms. The van der Waals surface area contributed by atoms with E-state index < -0.39 is 0 Å². The highest BCUT2D eigenvalue weighted by molar-refractivity contribution is 5.71. The van der Waals surface area contributed by atoms with E-state index in [1.165, 1.54) is 22.5 Å². The summed E-state index contributed by atoms with van der Waals surface area (Å²) in [6, 6.07) is 17.4. The number of rotatable bonds is 5. The first-order valence-electron chi connectivity index (χ1n) is 8.37. The van der Waals surface area contributed by atoms with Crippen LogP contribution in [-0.4, -0.2) is 18.3 Å². The van der Waals surface area contributed by atoms with E-state index in [4.69, 9.17) is 0 Å². The number of aliphatic hydroxyl groups excluding tert-OH is 1. The maximum atomic E-state index is 9.73. The SMILES string of the molecule is CCCC(CO)CN1c2ccccc2CCc2ccccc21. The summed E-state index contributed by atoms with van der Waals surface area (Å²) in [6.45, 7) is 3.33. The molecule has 1 aliphatic heterocycles. The lowest BCUT2D eigenvalue weighted by Gasteiger charge is -2.30. The molecule has 2 nitrogen and oxygen atoms in total. The van der Waals surface area contributed by atoms with E-state index in [9.17, 15) is 5.11 Å². The Bertz CT molecular complexity index is 575. The average molecular weight is 295 g/mol. The zero-order valence-corrected chi connectivity index (χ0v) is 13.3. The van der Waals surface area contributed by atoms with Gasteiger partial charge in [-0.25, -0.2) is 0 Å². The molecule has 1 unspecified atom stereocenters. The normalized spacial score (nSPS) is 14.9. The Hall–Kier alpha value is -1.80. The van der Waals surface area contributed by atoms with Crippen molar-refractivity contribution in [3.05, 3.63) is 59.7 Å². The highest BCUT2D eigenvalue weighted by Crippen LogP contribution is 2.36. The van der Waals surface area contributed by atoms with Crippen LogP contribution < -0.4 is 4.90 Å². The average Bonchev–Trinajstić information content (AvgIpc) is 2.72. The summed E-state index contributed by atoms with van der Waals surface area (Å²) in [5.74, 6) is 0.323. The Morgan fingerprint density at radius 2 is 1.50 bits per heavy atom. The molecule has 1 heterocycles. The fourth-order valence-electron chi connectivity index (χ4n) is 3.47. The van der Waals surface area contributed by atoms with Crippen molar-refractivity contribution in [2.24, 2.45) is 5.92 Å². The van der Waals surface area contributed by atoms with Crippen molar-refractivity contribution in [3.63, 3.8) is 0 Å². The fraction of sp³-hybridized carbons (Fsp3) is 0.400. The van der Waals surface area contributed by atoms with Crippen molar-refractivity contribution in [2.45, 2.75) is 32.6 Å². The van der Waals surface area contributed by atoms with Crippen molar-refractivity contribution in [1.29, 1.82) is 0 Å². The number of nitrogens with zero attached hydrogens (tertiary/aromatic N) is 1. The van der Waals surface area contributed by atoms with Crippen LogP contribution >= 0.6 is 0 Å². The van der Waals surface area contributed by atoms with Crippen molar-refractivity contribution >= 4 is 11.4 Å². The Morgan fingerprint density at radius 1 is 0.955 bits per heavy atom. The minimum absolute atomic E-state index is 0.259. The van der Waals surface area contributed by atoms with Gasteiger partial charge in [-0.2, -0.15) is 0 Å². The second-order valence-electron chi connectivity index (χ2n) is 6.21. The summed E-state index contributed by atoms with van der Waals surface area (Å²) < 4.78 is 0. The lowest BCUT2D eigenvalue weighted by atomic mass is 10.0. The molecule has 0 saturated heterocycles. The summed E-state index contributed by atoms with van der Waals surface area (Å²) in [6.07, 6.45) is 4.35. The first-order valence-corrected chi connectivity index (χ1v) is 8.37. The molecule has 22 heavy (non-hydrogen) atoms. The highest BCUT2D eigenvalue weighted by atomic mass is 16.3. The van der Waals surface area contributed by atoms with Gasteiger partial charge < -0.3 is 10.0 Å². The van der Waals surface area contributed by atoms with Gasteiger partial charge in [0.15, 0.2) is 0 Å². The molecule has 2 heteroatoms. The van der Waals surface area contributed by atoms with Gasteiger partial charge in [0.05, 0.1) is 0 Å². The predicted molar refractivity (Wildman–Crippen MR) is 92.8 cm³/mol. The molecule has 2 aromatic carbocycles. The minimum Gasteiger partial charge on any atom is -0.396 e. The van der Waals surface area contributed by atoms with Crippen LogP contribution in [0.1, 0.15) is 30.9 Å². The lowest BCUT2D eigenvalue weighted by molar-refractivity contribution is 0.222. The van der Waals surface area contributed by atoms with Crippen molar-refractivity contribution in [1.82, 2.24) is 0 Å². The number of hydrogen-bond acceptors (Lipinski definition) is 2. The van der Waals surface area contributed by atoms with Gasteiger partial charge in [-0.1, -0.05) is 49.7 Å². The number of hydrogen-bond donors (Lipinski definition) is 1. The van der Waals surface area contributed by atoms with Crippen molar-refractivity contribution in [3.8, 4) is 0 Å². The molecule has 0 radical (unpaired) electrons. The molecule has 1 aliphatic rings. The Balaban J connectivity index is 2.02. The number of anilines is 2. The van der Waals surface area contributed by atoms with Crippen LogP contribution in [-0.2, 0) is 12.8 Å². The lowest BCUT2D eigenvalue weighted by Crippen LogP contribution is -2.27. The van der Waals surface area contributed by atoms with Crippen LogP contribution in [0.25, 0.3) is 0 Å². The third kappa shape index (κ3) is 3.02. The third-order valence-corrected chi connectivity index (χ3v) is 4.62. The maximum Gasteiger partial charge on any atom is 0.0476 e. The van der Waals surface area contributed by atoms with E-state index in [0.717, 1.165) is 32.2 Å². The molecule has 1 atom stereocenters. The van der Waals surface area contributed by atoms with Gasteiger partial charge in [-0.3, -0.25) is 0 Å². The smallest absolute Gasteiger partial charge is 0.0476 e. The maximum absolute atomic E-state index is 9.73. The van der Waals surface area contributed by atoms with Gasteiger partial charge >= 0.3 is 0 Å². The van der Waals surface area contributed by atoms with Crippen LogP contribution in [0.4, 0.5) is 11.4 Å². The van der Waals surface area contributed by atoms with Crippen molar-refractivity contribution < 1.29 is 5.11 Å². The summed E-state index contributed by atoms with van der Waals surface area (Å²) >= 11 is 0. The van der Waals surface area contributed by atoms with Crippen molar-refractivity contribution in [2.75, 3.05) is 18.1 Å². The molecule has 0 amide bonds. The van der Waals surface area contributed by atoms with Gasteiger partial charge in [-0.05, 0) is 48.4 Å². The molecule has 0 saturated carbocycles. The Kier molecular flexibility index (Phi) is 4.79. The first kappa shape index (κ1) is 15.1. The van der Waals surface area contributed by atoms with Gasteiger partial charge in [0, 0.05) is 24.5 Å². The molecule has 0 fully saturated rings. The zero-order chi connectivity index (χ0) is 15.4. The largest absolute Gasteiger partial charge is 0.396 e.